The maximum Gasteiger partial charge on any atom is 0.469 e. The van der Waals surface area contributed by atoms with Gasteiger partial charge < -0.3 is 98.9 Å². The van der Waals surface area contributed by atoms with Gasteiger partial charge in [-0.05, 0) is 0 Å². The first-order valence-electron chi connectivity index (χ1n) is 24.1. The fraction of sp³-hybridized carbons (Fsp3) is 0.692. The van der Waals surface area contributed by atoms with Crippen LogP contribution in [-0.2, 0) is 83.5 Å². The van der Waals surface area contributed by atoms with Gasteiger partial charge >= 0.3 is 76.8 Å². The summed E-state index contributed by atoms with van der Waals surface area (Å²) < 4.78 is 87.2. The Kier molecular flexibility index (Phi) is 29.1. The molecular formula is C39H72N12O36P4+4. The highest BCUT2D eigenvalue weighted by Crippen LogP contribution is 2.41. The number of phosphoric acid groups is 4. The molecule has 52 heteroatoms. The summed E-state index contributed by atoms with van der Waals surface area (Å²) >= 11 is 0. The molecule has 4 aromatic rings. The van der Waals surface area contributed by atoms with Crippen LogP contribution in [0.2, 0.25) is 0 Å². The van der Waals surface area contributed by atoms with Gasteiger partial charge in [0.1, 0.15) is 73.2 Å². The largest absolute Gasteiger partial charge is 0.469 e. The molecule has 16 atom stereocenters. The molecule has 4 aliphatic heterocycles. The minimum Gasteiger partial charge on any atom is -0.387 e. The Bertz CT molecular complexity index is 3760. The van der Waals surface area contributed by atoms with E-state index < -0.39 is 201 Å². The van der Waals surface area contributed by atoms with Crippen molar-refractivity contribution in [2.75, 3.05) is 26.4 Å². The molecule has 520 valence electrons. The summed E-state index contributed by atoms with van der Waals surface area (Å²) in [6, 6.07) is 0. The number of aromatic amines is 4. The zero-order valence-corrected chi connectivity index (χ0v) is 48.6. The van der Waals surface area contributed by atoms with Gasteiger partial charge in [0.15, 0.2) is 12.7 Å². The third-order valence-corrected chi connectivity index (χ3v) is 14.4. The van der Waals surface area contributed by atoms with Crippen molar-refractivity contribution in [1.82, 2.24) is 38.2 Å². The number of aliphatic hydroxyl groups is 8. The van der Waals surface area contributed by atoms with Gasteiger partial charge in [-0.15, -0.1) is 0 Å². The Morgan fingerprint density at radius 1 is 0.451 bits per heavy atom. The van der Waals surface area contributed by atoms with E-state index in [1.807, 2.05) is 9.97 Å². The Balaban J connectivity index is 0.000000409. The van der Waals surface area contributed by atoms with Crippen LogP contribution >= 0.6 is 31.3 Å². The molecule has 0 amide bonds. The van der Waals surface area contributed by atoms with E-state index in [0.717, 1.165) is 61.8 Å². The van der Waals surface area contributed by atoms with Crippen molar-refractivity contribution in [1.29, 1.82) is 0 Å². The van der Waals surface area contributed by atoms with E-state index in [4.69, 9.17) is 58.1 Å². The summed E-state index contributed by atoms with van der Waals surface area (Å²) in [6.07, 6.45) is -18.8. The van der Waals surface area contributed by atoms with Gasteiger partial charge in [0.2, 0.25) is 37.6 Å². The molecule has 4 fully saturated rings. The molecule has 0 unspecified atom stereocenters. The Hall–Kier alpha value is -5.60. The van der Waals surface area contributed by atoms with Crippen molar-refractivity contribution in [3.05, 3.63) is 109 Å². The molecule has 0 spiro atoms. The molecule has 4 aromatic heterocycles. The molecule has 0 aromatic carbocycles. The molecule has 48 nitrogen and oxygen atoms in total. The number of rotatable bonds is 16. The van der Waals surface area contributed by atoms with Gasteiger partial charge in [0.25, 0.3) is 0 Å². The smallest absolute Gasteiger partial charge is 0.387 e. The molecule has 0 bridgehead atoms. The van der Waals surface area contributed by atoms with Crippen molar-refractivity contribution in [3.8, 4) is 0 Å². The van der Waals surface area contributed by atoms with Crippen molar-refractivity contribution in [2.45, 2.75) is 120 Å². The van der Waals surface area contributed by atoms with Gasteiger partial charge in [0, 0.05) is 0 Å². The van der Waals surface area contributed by atoms with Gasteiger partial charge in [-0.2, -0.15) is 37.4 Å². The average Bonchev–Trinajstić information content (AvgIpc) is 1.75. The predicted molar refractivity (Wildman–Crippen MR) is 286 cm³/mol. The molecule has 4 aliphatic rings. The van der Waals surface area contributed by atoms with E-state index in [0.29, 0.717) is 0 Å². The van der Waals surface area contributed by atoms with Crippen molar-refractivity contribution in [3.63, 3.8) is 0 Å². The third kappa shape index (κ3) is 21.2. The lowest BCUT2D eigenvalue weighted by atomic mass is 10.1. The normalized spacial score (nSPS) is 28.0. The second kappa shape index (κ2) is 32.5. The second-order valence-electron chi connectivity index (χ2n) is 18.7. The maximum absolute atomic E-state index is 12.1. The first-order chi connectivity index (χ1) is 40.4. The third-order valence-electron chi connectivity index (χ3n) is 12.5. The van der Waals surface area contributed by atoms with E-state index in [-0.39, 0.29) is 22.3 Å². The van der Waals surface area contributed by atoms with Crippen molar-refractivity contribution >= 4 is 31.3 Å². The van der Waals surface area contributed by atoms with Crippen LogP contribution in [0.1, 0.15) is 47.2 Å². The van der Waals surface area contributed by atoms with Crippen LogP contribution in [0, 0.1) is 0 Å². The number of aryl methyl sites for hydroxylation is 2. The quantitative estimate of drug-likeness (QED) is 0.0366. The molecule has 0 radical (unpaired) electrons. The number of nitrogens with one attached hydrogen (secondary N) is 4. The molecule has 4 saturated heterocycles. The first-order valence-corrected chi connectivity index (χ1v) is 30.2. The summed E-state index contributed by atoms with van der Waals surface area (Å²) in [5, 5.41) is 78.8. The summed E-state index contributed by atoms with van der Waals surface area (Å²) in [6.45, 7) is -2.76. The Morgan fingerprint density at radius 3 is 1.22 bits per heavy atom. The van der Waals surface area contributed by atoms with Crippen molar-refractivity contribution in [2.24, 2.45) is 28.2 Å². The number of hydrogen-bond acceptors (Lipinski definition) is 28. The number of nitrogens with zero attached hydrogens (tertiary/aromatic N) is 8. The number of ether oxygens (including phenoxy) is 4. The highest BCUT2D eigenvalue weighted by Gasteiger charge is 2.51. The lowest BCUT2D eigenvalue weighted by molar-refractivity contribution is -0.783. The number of phosphoric ester groups is 4. The maximum atomic E-state index is 12.1. The standard InChI is InChI=1S/C10H16N3O9P.2C9H14N3O9P.C8H12N3O9P.3CH4/c1-11-4-13(10(17)12(2)9(11)16)8-7(15)6(14)5(22-8)3-21-23(18,19)20;1-11-3-12(9(16)10-8(11)15)7-6(14)5(13)4(21-7)2-20-22(17,18)19;1-11-8(15)10-3-12(9(11)16)7-6(14)5(13)4(21-7)2-20-22(17,18)19;12-4-3(1-19-21(16,17)18)20-6(5(4)13)11-2-9-7(14)10-8(11)15;;;/h4-8,14-15H,3H2,1-2H3,(H-,18,19,20);3-7,13-14H,2H2,1H3,(H2-,10,15,16,17,18,19);3-7,13-14H,2H2,1H3,(H2,17,18,19);2-6,12-13H,1H2,(H3,10,14,15,16,17,18);3*1H4/p+4/t5-,6-,7-,8-;2*4-,5-,6-,7-;3-,4-,5-,6-;;;/m1111.../s1. The predicted octanol–water partition coefficient (Wildman–Crippen LogP) is -13.7. The summed E-state index contributed by atoms with van der Waals surface area (Å²) in [5.41, 5.74) is -6.11. The highest BCUT2D eigenvalue weighted by molar-refractivity contribution is 7.47. The Labute approximate surface area is 506 Å². The lowest BCUT2D eigenvalue weighted by Crippen LogP contribution is -2.62. The van der Waals surface area contributed by atoms with Gasteiger partial charge in [-0.3, -0.25) is 18.1 Å². The van der Waals surface area contributed by atoms with E-state index in [1.165, 1.54) is 28.2 Å². The number of hydrogen-bond donors (Lipinski definition) is 20. The molecule has 0 aliphatic carbocycles. The molecule has 0 saturated carbocycles. The Morgan fingerprint density at radius 2 is 0.813 bits per heavy atom. The number of aromatic nitrogens is 12. The van der Waals surface area contributed by atoms with Crippen LogP contribution in [-0.4, -0.2) is 218 Å². The van der Waals surface area contributed by atoms with Crippen LogP contribution in [0.15, 0.2) is 63.7 Å². The molecular weight excluding hydrogens is 1340 g/mol. The summed E-state index contributed by atoms with van der Waals surface area (Å²) in [5.74, 6) is 0. The molecule has 8 rings (SSSR count). The lowest BCUT2D eigenvalue weighted by Gasteiger charge is -2.14. The van der Waals surface area contributed by atoms with Gasteiger partial charge in [0.05, 0.1) is 54.6 Å². The van der Waals surface area contributed by atoms with Gasteiger partial charge in [-0.25, -0.2) is 75.7 Å². The van der Waals surface area contributed by atoms with Crippen LogP contribution in [0.25, 0.3) is 0 Å². The molecule has 20 N–H and O–H groups in total. The molecule has 8 heterocycles. The zero-order valence-electron chi connectivity index (χ0n) is 45.1. The monoisotopic (exact) mass is 1410 g/mol. The van der Waals surface area contributed by atoms with Gasteiger partial charge in [-0.1, -0.05) is 22.3 Å². The second-order valence-corrected chi connectivity index (χ2v) is 23.7. The SMILES string of the molecule is C.C.C.C[n+]1cn([C@@H]2O[C@H](COP(=O)(O)O)[C@@H](O)[C@H]2O)c(=O)[nH]c1=O.Cn1c(=O)[nH]c[n+]([C@@H]2O[C@H](COP(=O)(O)O)[C@@H](O)[C@H]2O)c1=O.Cn1c(=O)n([C@@H]2O[C@H](COP(=O)(O)O)[C@@H](O)[C@H]2O)c[n+](C)c1=O.O=c1[nH]c[n+]([C@@H]2O[C@H](COP(=O)(O)O)[C@@H](O)[C@H]2O)c(=O)[nH]1. The van der Waals surface area contributed by atoms with E-state index >= 15 is 0 Å². The van der Waals surface area contributed by atoms with Crippen molar-refractivity contribution < 1.29 is 154 Å². The van der Waals surface area contributed by atoms with E-state index in [1.54, 1.807) is 0 Å². The summed E-state index contributed by atoms with van der Waals surface area (Å²) in [4.78, 5) is 170. The molecule has 91 heavy (non-hydrogen) atoms. The van der Waals surface area contributed by atoms with Crippen LogP contribution < -0.4 is 63.8 Å². The number of aliphatic hydroxyl groups excluding tert-OH is 8. The van der Waals surface area contributed by atoms with E-state index in [9.17, 15) is 97.5 Å². The van der Waals surface area contributed by atoms with Crippen LogP contribution in [0.5, 0.6) is 0 Å². The minimum absolute atomic E-state index is 0. The van der Waals surface area contributed by atoms with E-state index in [2.05, 4.69) is 28.1 Å². The first kappa shape index (κ1) is 81.5. The zero-order chi connectivity index (χ0) is 66.6. The highest BCUT2D eigenvalue weighted by atomic mass is 31.2. The average molecular weight is 1410 g/mol. The number of H-pyrrole nitrogens is 4. The van der Waals surface area contributed by atoms with Crippen LogP contribution in [0.3, 0.4) is 0 Å². The topological polar surface area (TPSA) is 701 Å². The van der Waals surface area contributed by atoms with Crippen LogP contribution in [0.4, 0.5) is 0 Å². The summed E-state index contributed by atoms with van der Waals surface area (Å²) in [7, 11) is -13.9. The fourth-order valence-corrected chi connectivity index (χ4v) is 9.39. The fourth-order valence-electron chi connectivity index (χ4n) is 8.03. The minimum atomic E-state index is -4.78.